The predicted molar refractivity (Wildman–Crippen MR) is 45.9 cm³/mol. The number of hydrogen-bond donors (Lipinski definition) is 0. The average Bonchev–Trinajstić information content (AvgIpc) is 2.16. The summed E-state index contributed by atoms with van der Waals surface area (Å²) in [6.45, 7) is 0. The molecule has 15 heavy (non-hydrogen) atoms. The lowest BCUT2D eigenvalue weighted by atomic mass is 10.2. The van der Waals surface area contributed by atoms with Crippen molar-refractivity contribution in [1.29, 1.82) is 0 Å². The first-order chi connectivity index (χ1) is 6.99. The maximum atomic E-state index is 13.0. The molecule has 1 rings (SSSR count). The first-order valence-corrected chi connectivity index (χ1v) is 4.07. The Morgan fingerprint density at radius 3 is 2.60 bits per heavy atom. The molecule has 0 radical (unpaired) electrons. The summed E-state index contributed by atoms with van der Waals surface area (Å²) < 4.78 is 42.3. The normalized spacial score (nSPS) is 10.5. The Kier molecular flexibility index (Phi) is 3.52. The first-order valence-electron chi connectivity index (χ1n) is 3.69. The second-order valence-electron chi connectivity index (χ2n) is 2.47. The van der Waals surface area contributed by atoms with E-state index in [0.717, 1.165) is 7.11 Å². The van der Waals surface area contributed by atoms with Gasteiger partial charge in [0.1, 0.15) is 11.3 Å². The van der Waals surface area contributed by atoms with E-state index in [2.05, 4.69) is 9.72 Å². The Morgan fingerprint density at radius 1 is 1.60 bits per heavy atom. The van der Waals surface area contributed by atoms with Crippen LogP contribution < -0.4 is 4.74 Å². The number of methoxy groups -OCH3 is 1. The summed E-state index contributed by atoms with van der Waals surface area (Å²) in [4.78, 5) is 13.9. The highest BCUT2D eigenvalue weighted by atomic mass is 35.5. The van der Waals surface area contributed by atoms with Gasteiger partial charge in [-0.1, -0.05) is 0 Å². The average molecular weight is 240 g/mol. The van der Waals surface area contributed by atoms with E-state index in [1.807, 2.05) is 0 Å². The van der Waals surface area contributed by atoms with Crippen molar-refractivity contribution in [3.05, 3.63) is 23.3 Å². The lowest BCUT2D eigenvalue weighted by Crippen LogP contribution is -2.06. The van der Waals surface area contributed by atoms with Crippen LogP contribution >= 0.6 is 11.6 Å². The monoisotopic (exact) mass is 239 g/mol. The fourth-order valence-corrected chi connectivity index (χ4v) is 1.22. The minimum Gasteiger partial charge on any atom is -0.493 e. The number of rotatable bonds is 3. The second-order valence-corrected chi connectivity index (χ2v) is 2.82. The Hall–Kier alpha value is -1.30. The van der Waals surface area contributed by atoms with Gasteiger partial charge in [-0.3, -0.25) is 9.78 Å². The molecule has 0 spiro atoms. The van der Waals surface area contributed by atoms with Crippen molar-refractivity contribution in [2.75, 3.05) is 7.11 Å². The molecule has 0 aliphatic rings. The van der Waals surface area contributed by atoms with Crippen LogP contribution in [0, 0.1) is 5.82 Å². The lowest BCUT2D eigenvalue weighted by molar-refractivity contribution is 0.105. The molecule has 7 heteroatoms. The number of aromatic nitrogens is 1. The maximum absolute atomic E-state index is 13.0. The van der Waals surface area contributed by atoms with Crippen LogP contribution in [0.25, 0.3) is 0 Å². The zero-order chi connectivity index (χ0) is 11.6. The molecule has 0 aliphatic heterocycles. The van der Waals surface area contributed by atoms with Gasteiger partial charge in [-0.25, -0.2) is 13.2 Å². The summed E-state index contributed by atoms with van der Waals surface area (Å²) in [5, 5.41) is -1.24. The number of alkyl halides is 2. The number of carbonyl (C=O) groups is 1. The highest BCUT2D eigenvalue weighted by Crippen LogP contribution is 2.31. The van der Waals surface area contributed by atoms with Crippen LogP contribution in [0.2, 0.25) is 0 Å². The van der Waals surface area contributed by atoms with Gasteiger partial charge < -0.3 is 4.74 Å². The van der Waals surface area contributed by atoms with Crippen molar-refractivity contribution in [2.45, 2.75) is 6.43 Å². The quantitative estimate of drug-likeness (QED) is 0.761. The number of nitrogens with zero attached hydrogens (tertiary/aromatic N) is 1. The van der Waals surface area contributed by atoms with Gasteiger partial charge in [0, 0.05) is 0 Å². The molecule has 1 aromatic heterocycles. The van der Waals surface area contributed by atoms with E-state index in [1.165, 1.54) is 0 Å². The summed E-state index contributed by atoms with van der Waals surface area (Å²) in [5.74, 6) is -1.65. The number of halogens is 4. The van der Waals surface area contributed by atoms with Crippen molar-refractivity contribution in [2.24, 2.45) is 0 Å². The number of pyridine rings is 1. The van der Waals surface area contributed by atoms with E-state index in [-0.39, 0.29) is 0 Å². The highest BCUT2D eigenvalue weighted by molar-refractivity contribution is 6.68. The molecule has 0 saturated heterocycles. The smallest absolute Gasteiger partial charge is 0.281 e. The van der Waals surface area contributed by atoms with E-state index in [1.54, 1.807) is 0 Å². The topological polar surface area (TPSA) is 39.2 Å². The largest absolute Gasteiger partial charge is 0.493 e. The van der Waals surface area contributed by atoms with Gasteiger partial charge in [-0.15, -0.1) is 0 Å². The van der Waals surface area contributed by atoms with Crippen LogP contribution in [0.4, 0.5) is 13.2 Å². The summed E-state index contributed by atoms with van der Waals surface area (Å²) in [6.07, 6.45) is -2.49. The van der Waals surface area contributed by atoms with Crippen LogP contribution in [0.15, 0.2) is 6.20 Å². The highest BCUT2D eigenvalue weighted by Gasteiger charge is 2.25. The van der Waals surface area contributed by atoms with E-state index in [9.17, 15) is 18.0 Å². The zero-order valence-corrected chi connectivity index (χ0v) is 8.19. The van der Waals surface area contributed by atoms with Gasteiger partial charge in [0.05, 0.1) is 13.3 Å². The maximum Gasteiger partial charge on any atom is 0.281 e. The minimum absolute atomic E-state index is 0.545. The number of hydrogen-bond acceptors (Lipinski definition) is 3. The molecule has 0 atom stereocenters. The van der Waals surface area contributed by atoms with Gasteiger partial charge in [-0.05, 0) is 11.6 Å². The third kappa shape index (κ3) is 2.20. The Bertz CT molecular complexity index is 398. The lowest BCUT2D eigenvalue weighted by Gasteiger charge is -2.09. The Balaban J connectivity index is 3.49. The van der Waals surface area contributed by atoms with Crippen molar-refractivity contribution in [1.82, 2.24) is 4.98 Å². The zero-order valence-electron chi connectivity index (χ0n) is 7.43. The molecule has 0 aromatic carbocycles. The van der Waals surface area contributed by atoms with E-state index < -0.39 is 34.5 Å². The molecule has 3 nitrogen and oxygen atoms in total. The molecular formula is C8H5ClF3NO2. The van der Waals surface area contributed by atoms with E-state index >= 15 is 0 Å². The predicted octanol–water partition coefficient (Wildman–Crippen LogP) is 2.55. The van der Waals surface area contributed by atoms with Crippen LogP contribution in [0.3, 0.4) is 0 Å². The molecule has 1 aromatic rings. The van der Waals surface area contributed by atoms with Gasteiger partial charge >= 0.3 is 0 Å². The van der Waals surface area contributed by atoms with Gasteiger partial charge in [0.2, 0.25) is 0 Å². The third-order valence-corrected chi connectivity index (χ3v) is 1.81. The molecular weight excluding hydrogens is 235 g/mol. The molecule has 0 fully saturated rings. The minimum atomic E-state index is -3.03. The summed E-state index contributed by atoms with van der Waals surface area (Å²) in [7, 11) is 1.04. The SMILES string of the molecule is COc1c(F)cnc(C(F)F)c1C(=O)Cl. The number of ether oxygens (including phenoxy) is 1. The fourth-order valence-electron chi connectivity index (χ4n) is 1.04. The molecule has 0 aliphatic carbocycles. The summed E-state index contributed by atoms with van der Waals surface area (Å²) >= 11 is 5.05. The Labute approximate surface area is 87.8 Å². The molecule has 0 N–H and O–H groups in total. The van der Waals surface area contributed by atoms with Gasteiger partial charge in [-0.2, -0.15) is 0 Å². The molecule has 82 valence electrons. The molecule has 0 unspecified atom stereocenters. The van der Waals surface area contributed by atoms with Gasteiger partial charge in [0.15, 0.2) is 11.6 Å². The van der Waals surface area contributed by atoms with E-state index in [0.29, 0.717) is 6.20 Å². The van der Waals surface area contributed by atoms with Crippen molar-refractivity contribution in [3.63, 3.8) is 0 Å². The van der Waals surface area contributed by atoms with E-state index in [4.69, 9.17) is 11.6 Å². The van der Waals surface area contributed by atoms with Crippen LogP contribution in [0.1, 0.15) is 22.5 Å². The molecule has 0 saturated carbocycles. The van der Waals surface area contributed by atoms with Gasteiger partial charge in [0.25, 0.3) is 11.7 Å². The van der Waals surface area contributed by atoms with Crippen LogP contribution in [0.5, 0.6) is 5.75 Å². The van der Waals surface area contributed by atoms with Crippen molar-refractivity contribution in [3.8, 4) is 5.75 Å². The van der Waals surface area contributed by atoms with Crippen molar-refractivity contribution >= 4 is 16.8 Å². The summed E-state index contributed by atoms with van der Waals surface area (Å²) in [5.41, 5.74) is -1.64. The molecule has 0 amide bonds. The van der Waals surface area contributed by atoms with Crippen LogP contribution in [-0.4, -0.2) is 17.3 Å². The Morgan fingerprint density at radius 2 is 2.20 bits per heavy atom. The summed E-state index contributed by atoms with van der Waals surface area (Å²) in [6, 6.07) is 0. The second kappa shape index (κ2) is 4.48. The van der Waals surface area contributed by atoms with Crippen LogP contribution in [-0.2, 0) is 0 Å². The standard InChI is InChI=1S/C8H5ClF3NO2/c1-15-6-3(10)2-13-5(8(11)12)4(6)7(9)14/h2,8H,1H3. The fraction of sp³-hybridized carbons (Fsp3) is 0.250. The number of carbonyl (C=O) groups excluding carboxylic acids is 1. The first kappa shape index (κ1) is 11.8. The van der Waals surface area contributed by atoms with Crippen molar-refractivity contribution < 1.29 is 22.7 Å². The molecule has 1 heterocycles. The molecule has 0 bridgehead atoms. The third-order valence-electron chi connectivity index (χ3n) is 1.62.